The normalized spacial score (nSPS) is 10.8. The van der Waals surface area contributed by atoms with Crippen molar-refractivity contribution in [2.24, 2.45) is 0 Å². The Morgan fingerprint density at radius 1 is 1.10 bits per heavy atom. The third-order valence-electron chi connectivity index (χ3n) is 4.48. The smallest absolute Gasteiger partial charge is 0.244 e. The largest absolute Gasteiger partial charge is 0.493 e. The van der Waals surface area contributed by atoms with E-state index in [-0.39, 0.29) is 5.91 Å². The van der Waals surface area contributed by atoms with E-state index in [1.807, 2.05) is 42.6 Å². The van der Waals surface area contributed by atoms with Crippen molar-refractivity contribution < 1.29 is 14.3 Å². The van der Waals surface area contributed by atoms with Gasteiger partial charge in [0.2, 0.25) is 5.91 Å². The molecule has 0 unspecified atom stereocenters. The van der Waals surface area contributed by atoms with Gasteiger partial charge in [-0.05, 0) is 29.3 Å². The number of methoxy groups -OCH3 is 2. The van der Waals surface area contributed by atoms with Crippen LogP contribution in [-0.2, 0) is 17.8 Å². The second-order valence-corrected chi connectivity index (χ2v) is 6.45. The van der Waals surface area contributed by atoms with Crippen molar-refractivity contribution >= 4 is 12.0 Å². The van der Waals surface area contributed by atoms with E-state index in [4.69, 9.17) is 9.47 Å². The van der Waals surface area contributed by atoms with Gasteiger partial charge in [0.25, 0.3) is 0 Å². The molecule has 0 saturated heterocycles. The number of amides is 1. The Morgan fingerprint density at radius 2 is 1.90 bits per heavy atom. The first-order valence-electron chi connectivity index (χ1n) is 9.41. The average molecular weight is 391 g/mol. The molecule has 0 fully saturated rings. The molecular weight excluding hydrogens is 366 g/mol. The Kier molecular flexibility index (Phi) is 7.05. The first-order valence-corrected chi connectivity index (χ1v) is 9.41. The zero-order chi connectivity index (χ0) is 20.5. The molecule has 2 aromatic carbocycles. The summed E-state index contributed by atoms with van der Waals surface area (Å²) in [5.74, 6) is 2.07. The topological polar surface area (TPSA) is 65.4 Å². The van der Waals surface area contributed by atoms with Crippen LogP contribution in [0.5, 0.6) is 11.5 Å². The van der Waals surface area contributed by atoms with Gasteiger partial charge in [0, 0.05) is 38.0 Å². The van der Waals surface area contributed by atoms with E-state index < -0.39 is 0 Å². The Balaban J connectivity index is 1.51. The third-order valence-corrected chi connectivity index (χ3v) is 4.48. The monoisotopic (exact) mass is 391 g/mol. The number of hydrogen-bond acceptors (Lipinski definition) is 4. The molecule has 0 radical (unpaired) electrons. The number of rotatable bonds is 9. The molecule has 150 valence electrons. The van der Waals surface area contributed by atoms with Crippen molar-refractivity contribution in [1.29, 1.82) is 0 Å². The van der Waals surface area contributed by atoms with Gasteiger partial charge >= 0.3 is 0 Å². The van der Waals surface area contributed by atoms with Crippen molar-refractivity contribution in [2.45, 2.75) is 13.0 Å². The summed E-state index contributed by atoms with van der Waals surface area (Å²) in [6.07, 6.45) is 7.67. The van der Waals surface area contributed by atoms with Gasteiger partial charge < -0.3 is 19.4 Å². The number of hydrogen-bond donors (Lipinski definition) is 1. The second kappa shape index (κ2) is 10.1. The average Bonchev–Trinajstić information content (AvgIpc) is 3.19. The lowest BCUT2D eigenvalue weighted by molar-refractivity contribution is -0.116. The predicted molar refractivity (Wildman–Crippen MR) is 113 cm³/mol. The Bertz CT molecular complexity index is 965. The molecule has 1 heterocycles. The van der Waals surface area contributed by atoms with Crippen LogP contribution in [0.1, 0.15) is 17.0 Å². The Morgan fingerprint density at radius 3 is 2.66 bits per heavy atom. The zero-order valence-electron chi connectivity index (χ0n) is 16.7. The number of aromatic nitrogens is 2. The highest BCUT2D eigenvalue weighted by molar-refractivity contribution is 5.91. The van der Waals surface area contributed by atoms with E-state index in [2.05, 4.69) is 27.0 Å². The molecule has 1 aromatic heterocycles. The van der Waals surface area contributed by atoms with Gasteiger partial charge in [-0.25, -0.2) is 4.98 Å². The molecule has 6 heteroatoms. The number of nitrogens with zero attached hydrogens (tertiary/aromatic N) is 2. The van der Waals surface area contributed by atoms with Crippen molar-refractivity contribution in [2.75, 3.05) is 20.8 Å². The molecule has 1 amide bonds. The first kappa shape index (κ1) is 20.2. The minimum Gasteiger partial charge on any atom is -0.493 e. The van der Waals surface area contributed by atoms with Crippen LogP contribution in [0.3, 0.4) is 0 Å². The maximum absolute atomic E-state index is 12.1. The predicted octanol–water partition coefficient (Wildman–Crippen LogP) is 3.32. The minimum atomic E-state index is -0.152. The summed E-state index contributed by atoms with van der Waals surface area (Å²) in [4.78, 5) is 16.5. The van der Waals surface area contributed by atoms with E-state index in [0.29, 0.717) is 24.5 Å². The first-order chi connectivity index (χ1) is 14.2. The van der Waals surface area contributed by atoms with Crippen molar-refractivity contribution in [1.82, 2.24) is 14.9 Å². The fraction of sp³-hybridized carbons (Fsp3) is 0.217. The third kappa shape index (κ3) is 5.72. The van der Waals surface area contributed by atoms with Gasteiger partial charge in [-0.3, -0.25) is 4.79 Å². The minimum absolute atomic E-state index is 0.152. The van der Waals surface area contributed by atoms with Gasteiger partial charge in [0.05, 0.1) is 14.2 Å². The highest BCUT2D eigenvalue weighted by Gasteiger charge is 2.05. The number of nitrogens with one attached hydrogen (secondary N) is 1. The van der Waals surface area contributed by atoms with E-state index in [1.165, 1.54) is 11.6 Å². The Hall–Kier alpha value is -3.54. The summed E-state index contributed by atoms with van der Waals surface area (Å²) in [5, 5.41) is 2.90. The summed E-state index contributed by atoms with van der Waals surface area (Å²) >= 11 is 0. The van der Waals surface area contributed by atoms with Crippen molar-refractivity contribution in [3.05, 3.63) is 84.0 Å². The highest BCUT2D eigenvalue weighted by Crippen LogP contribution is 2.27. The molecule has 1 N–H and O–H groups in total. The summed E-state index contributed by atoms with van der Waals surface area (Å²) in [6, 6.07) is 15.7. The molecule has 0 aliphatic rings. The van der Waals surface area contributed by atoms with Crippen LogP contribution < -0.4 is 14.8 Å². The maximum atomic E-state index is 12.1. The standard InChI is InChI=1S/C23H25N3O3/c1-28-20-10-8-18(16-21(20)29-2)9-11-23(27)25-13-12-22-24-14-15-26(22)17-19-6-4-3-5-7-19/h3-11,14-16H,12-13,17H2,1-2H3,(H,25,27)/b11-9+. The van der Waals surface area contributed by atoms with E-state index in [9.17, 15) is 4.79 Å². The van der Waals surface area contributed by atoms with Crippen LogP contribution in [0, 0.1) is 0 Å². The molecular formula is C23H25N3O3. The molecule has 0 atom stereocenters. The number of imidazole rings is 1. The van der Waals surface area contributed by atoms with E-state index in [1.54, 1.807) is 26.5 Å². The van der Waals surface area contributed by atoms with Gasteiger partial charge in [0.1, 0.15) is 5.82 Å². The molecule has 3 rings (SSSR count). The van der Waals surface area contributed by atoms with Crippen LogP contribution in [0.25, 0.3) is 6.08 Å². The second-order valence-electron chi connectivity index (χ2n) is 6.45. The lowest BCUT2D eigenvalue weighted by Gasteiger charge is -2.08. The summed E-state index contributed by atoms with van der Waals surface area (Å²) in [6.45, 7) is 1.28. The molecule has 0 aliphatic carbocycles. The molecule has 0 bridgehead atoms. The summed E-state index contributed by atoms with van der Waals surface area (Å²) < 4.78 is 12.6. The lowest BCUT2D eigenvalue weighted by Crippen LogP contribution is -2.24. The van der Waals surface area contributed by atoms with Gasteiger partial charge in [-0.1, -0.05) is 36.4 Å². The SMILES string of the molecule is COc1ccc(/C=C/C(=O)NCCc2nccn2Cc2ccccc2)cc1OC. The summed E-state index contributed by atoms with van der Waals surface area (Å²) in [7, 11) is 3.17. The van der Waals surface area contributed by atoms with Crippen LogP contribution >= 0.6 is 0 Å². The Labute approximate surface area is 170 Å². The van der Waals surface area contributed by atoms with E-state index in [0.717, 1.165) is 17.9 Å². The van der Waals surface area contributed by atoms with Crippen molar-refractivity contribution in [3.63, 3.8) is 0 Å². The molecule has 3 aromatic rings. The fourth-order valence-electron chi connectivity index (χ4n) is 2.98. The van der Waals surface area contributed by atoms with E-state index >= 15 is 0 Å². The number of carbonyl (C=O) groups is 1. The van der Waals surface area contributed by atoms with Crippen LogP contribution in [-0.4, -0.2) is 36.2 Å². The lowest BCUT2D eigenvalue weighted by atomic mass is 10.2. The molecule has 6 nitrogen and oxygen atoms in total. The highest BCUT2D eigenvalue weighted by atomic mass is 16.5. The van der Waals surface area contributed by atoms with Crippen LogP contribution in [0.4, 0.5) is 0 Å². The molecule has 0 spiro atoms. The molecule has 29 heavy (non-hydrogen) atoms. The number of benzene rings is 2. The number of ether oxygens (including phenoxy) is 2. The van der Waals surface area contributed by atoms with Gasteiger partial charge in [-0.15, -0.1) is 0 Å². The fourth-order valence-corrected chi connectivity index (χ4v) is 2.98. The summed E-state index contributed by atoms with van der Waals surface area (Å²) in [5.41, 5.74) is 2.07. The molecule has 0 saturated carbocycles. The van der Waals surface area contributed by atoms with Crippen LogP contribution in [0.15, 0.2) is 67.0 Å². The molecule has 0 aliphatic heterocycles. The zero-order valence-corrected chi connectivity index (χ0v) is 16.7. The van der Waals surface area contributed by atoms with Gasteiger partial charge in [-0.2, -0.15) is 0 Å². The quantitative estimate of drug-likeness (QED) is 0.569. The number of carbonyl (C=O) groups excluding carboxylic acids is 1. The van der Waals surface area contributed by atoms with Crippen LogP contribution in [0.2, 0.25) is 0 Å². The van der Waals surface area contributed by atoms with Crippen molar-refractivity contribution in [3.8, 4) is 11.5 Å². The maximum Gasteiger partial charge on any atom is 0.244 e. The van der Waals surface area contributed by atoms with Gasteiger partial charge in [0.15, 0.2) is 11.5 Å².